The topological polar surface area (TPSA) is 89.5 Å². The van der Waals surface area contributed by atoms with Crippen LogP contribution < -0.4 is 5.32 Å². The van der Waals surface area contributed by atoms with Crippen LogP contribution in [-0.2, 0) is 19.4 Å². The number of sulfone groups is 1. The van der Waals surface area contributed by atoms with Gasteiger partial charge >= 0.3 is 5.97 Å². The predicted octanol–water partition coefficient (Wildman–Crippen LogP) is 0.0929. The Balaban J connectivity index is 2.46. The summed E-state index contributed by atoms with van der Waals surface area (Å²) in [4.78, 5) is 22.8. The number of nitrogens with one attached hydrogen (secondary N) is 1. The lowest BCUT2D eigenvalue weighted by Gasteiger charge is -2.24. The third kappa shape index (κ3) is 1.97. The molecule has 0 aliphatic carbocycles. The molecule has 1 aromatic rings. The van der Waals surface area contributed by atoms with Gasteiger partial charge in [-0.1, -0.05) is 12.1 Å². The lowest BCUT2D eigenvalue weighted by molar-refractivity contribution is -0.140. The first-order chi connectivity index (χ1) is 8.46. The minimum Gasteiger partial charge on any atom is -0.469 e. The van der Waals surface area contributed by atoms with Gasteiger partial charge in [-0.3, -0.25) is 9.59 Å². The van der Waals surface area contributed by atoms with Crippen LogP contribution in [0, 0.1) is 0 Å². The first-order valence-corrected chi connectivity index (χ1v) is 6.72. The summed E-state index contributed by atoms with van der Waals surface area (Å²) in [6.07, 6.45) is -0.404. The van der Waals surface area contributed by atoms with Crippen LogP contribution in [0.15, 0.2) is 29.2 Å². The Morgan fingerprint density at radius 3 is 2.72 bits per heavy atom. The normalized spacial score (nSPS) is 20.7. The second kappa shape index (κ2) is 4.41. The van der Waals surface area contributed by atoms with Crippen molar-refractivity contribution in [2.75, 3.05) is 7.11 Å². The van der Waals surface area contributed by atoms with E-state index in [0.717, 1.165) is 7.11 Å². The monoisotopic (exact) mass is 269 g/mol. The van der Waals surface area contributed by atoms with Crippen LogP contribution in [0.4, 0.5) is 0 Å². The van der Waals surface area contributed by atoms with Crippen LogP contribution in [-0.4, -0.2) is 32.8 Å². The fourth-order valence-electron chi connectivity index (χ4n) is 1.75. The lowest BCUT2D eigenvalue weighted by atomic mass is 10.2. The highest BCUT2D eigenvalue weighted by atomic mass is 32.2. The molecule has 1 heterocycles. The van der Waals surface area contributed by atoms with E-state index < -0.39 is 33.5 Å². The van der Waals surface area contributed by atoms with E-state index in [1.807, 2.05) is 0 Å². The first kappa shape index (κ1) is 12.6. The first-order valence-electron chi connectivity index (χ1n) is 5.17. The predicted molar refractivity (Wildman–Crippen MR) is 61.5 cm³/mol. The van der Waals surface area contributed by atoms with Gasteiger partial charge in [0.2, 0.25) is 9.84 Å². The highest BCUT2D eigenvalue weighted by Crippen LogP contribution is 2.25. The van der Waals surface area contributed by atoms with Crippen molar-refractivity contribution in [2.24, 2.45) is 0 Å². The smallest absolute Gasteiger partial charge is 0.308 e. The molecule has 0 saturated carbocycles. The summed E-state index contributed by atoms with van der Waals surface area (Å²) in [5.41, 5.74) is 0.0959. The van der Waals surface area contributed by atoms with Crippen LogP contribution in [0.2, 0.25) is 0 Å². The van der Waals surface area contributed by atoms with Crippen molar-refractivity contribution in [1.29, 1.82) is 0 Å². The number of fused-ring (bicyclic) bond motifs is 1. The highest BCUT2D eigenvalue weighted by Gasteiger charge is 2.38. The van der Waals surface area contributed by atoms with Crippen molar-refractivity contribution in [3.63, 3.8) is 0 Å². The third-order valence-corrected chi connectivity index (χ3v) is 4.69. The summed E-state index contributed by atoms with van der Waals surface area (Å²) in [5, 5.41) is 1.03. The maximum absolute atomic E-state index is 12.2. The van der Waals surface area contributed by atoms with E-state index in [9.17, 15) is 18.0 Å². The number of esters is 1. The Bertz CT molecular complexity index is 608. The summed E-state index contributed by atoms with van der Waals surface area (Å²) in [6.45, 7) is 0. The summed E-state index contributed by atoms with van der Waals surface area (Å²) in [5.74, 6) is -1.20. The molecule has 1 aliphatic rings. The van der Waals surface area contributed by atoms with Crippen LogP contribution in [0.3, 0.4) is 0 Å². The molecule has 0 fully saturated rings. The summed E-state index contributed by atoms with van der Waals surface area (Å²) in [7, 11) is -2.59. The molecule has 1 unspecified atom stereocenters. The number of hydrogen-bond acceptors (Lipinski definition) is 5. The van der Waals surface area contributed by atoms with Crippen molar-refractivity contribution in [3.8, 4) is 0 Å². The van der Waals surface area contributed by atoms with Gasteiger partial charge in [-0.2, -0.15) is 0 Å². The quantitative estimate of drug-likeness (QED) is 0.769. The molecule has 1 N–H and O–H groups in total. The SMILES string of the molecule is COC(=O)CC1NC(=O)c2ccccc2S1(=O)=O. The van der Waals surface area contributed by atoms with Gasteiger partial charge in [0.25, 0.3) is 5.91 Å². The second-order valence-corrected chi connectivity index (χ2v) is 5.88. The molecular weight excluding hydrogens is 258 g/mol. The molecule has 0 spiro atoms. The summed E-state index contributed by atoms with van der Waals surface area (Å²) < 4.78 is 28.8. The van der Waals surface area contributed by atoms with Gasteiger partial charge in [0.15, 0.2) is 0 Å². The zero-order valence-corrected chi connectivity index (χ0v) is 10.4. The Kier molecular flexibility index (Phi) is 3.08. The Labute approximate surface area is 104 Å². The second-order valence-electron chi connectivity index (χ2n) is 3.78. The van der Waals surface area contributed by atoms with Gasteiger partial charge in [-0.05, 0) is 12.1 Å². The molecule has 1 aliphatic heterocycles. The van der Waals surface area contributed by atoms with E-state index in [-0.39, 0.29) is 10.5 Å². The Morgan fingerprint density at radius 2 is 2.06 bits per heavy atom. The number of carbonyl (C=O) groups excluding carboxylic acids is 2. The summed E-state index contributed by atoms with van der Waals surface area (Å²) >= 11 is 0. The van der Waals surface area contributed by atoms with Crippen molar-refractivity contribution in [3.05, 3.63) is 29.8 Å². The molecule has 6 nitrogen and oxygen atoms in total. The highest BCUT2D eigenvalue weighted by molar-refractivity contribution is 7.92. The van der Waals surface area contributed by atoms with E-state index >= 15 is 0 Å². The third-order valence-electron chi connectivity index (χ3n) is 2.68. The number of benzene rings is 1. The van der Waals surface area contributed by atoms with Gasteiger partial charge < -0.3 is 10.1 Å². The van der Waals surface area contributed by atoms with E-state index in [0.29, 0.717) is 0 Å². The molecule has 18 heavy (non-hydrogen) atoms. The molecule has 1 aromatic carbocycles. The molecule has 1 amide bonds. The molecule has 2 rings (SSSR count). The standard InChI is InChI=1S/C11H11NO5S/c1-17-10(13)6-9-12-11(14)7-4-2-3-5-8(7)18(9,15)16/h2-5,9H,6H2,1H3,(H,12,14). The van der Waals surface area contributed by atoms with Crippen molar-refractivity contribution < 1.29 is 22.7 Å². The molecular formula is C11H11NO5S. The van der Waals surface area contributed by atoms with Gasteiger partial charge in [-0.15, -0.1) is 0 Å². The molecule has 96 valence electrons. The van der Waals surface area contributed by atoms with Crippen LogP contribution >= 0.6 is 0 Å². The van der Waals surface area contributed by atoms with Crippen LogP contribution in [0.25, 0.3) is 0 Å². The van der Waals surface area contributed by atoms with E-state index in [1.165, 1.54) is 18.2 Å². The van der Waals surface area contributed by atoms with Gasteiger partial charge in [0, 0.05) is 0 Å². The number of amides is 1. The Morgan fingerprint density at radius 1 is 1.39 bits per heavy atom. The zero-order chi connectivity index (χ0) is 13.3. The number of rotatable bonds is 2. The van der Waals surface area contributed by atoms with E-state index in [1.54, 1.807) is 6.07 Å². The maximum Gasteiger partial charge on any atom is 0.308 e. The fourth-order valence-corrected chi connectivity index (χ4v) is 3.41. The summed E-state index contributed by atoms with van der Waals surface area (Å²) in [6, 6.07) is 5.89. The number of methoxy groups -OCH3 is 1. The van der Waals surface area contributed by atoms with E-state index in [4.69, 9.17) is 0 Å². The van der Waals surface area contributed by atoms with Crippen molar-refractivity contribution in [1.82, 2.24) is 5.32 Å². The number of hydrogen-bond donors (Lipinski definition) is 1. The van der Waals surface area contributed by atoms with Crippen molar-refractivity contribution >= 4 is 21.7 Å². The molecule has 0 aromatic heterocycles. The zero-order valence-electron chi connectivity index (χ0n) is 9.54. The van der Waals surface area contributed by atoms with Gasteiger partial charge in [-0.25, -0.2) is 8.42 Å². The largest absolute Gasteiger partial charge is 0.469 e. The van der Waals surface area contributed by atoms with Crippen LogP contribution in [0.1, 0.15) is 16.8 Å². The van der Waals surface area contributed by atoms with Crippen LogP contribution in [0.5, 0.6) is 0 Å². The average molecular weight is 269 g/mol. The fraction of sp³-hybridized carbons (Fsp3) is 0.273. The van der Waals surface area contributed by atoms with Crippen molar-refractivity contribution in [2.45, 2.75) is 16.7 Å². The molecule has 0 saturated heterocycles. The lowest BCUT2D eigenvalue weighted by Crippen LogP contribution is -2.46. The molecule has 0 bridgehead atoms. The maximum atomic E-state index is 12.2. The average Bonchev–Trinajstić information content (AvgIpc) is 2.36. The molecule has 1 atom stereocenters. The van der Waals surface area contributed by atoms with Gasteiger partial charge in [0.05, 0.1) is 24.0 Å². The molecule has 7 heteroatoms. The number of carbonyl (C=O) groups is 2. The molecule has 0 radical (unpaired) electrons. The Hall–Kier alpha value is -1.89. The van der Waals surface area contributed by atoms with Gasteiger partial charge in [0.1, 0.15) is 5.37 Å². The van der Waals surface area contributed by atoms with E-state index in [2.05, 4.69) is 10.1 Å². The minimum absolute atomic E-state index is 0.0531. The minimum atomic E-state index is -3.75. The number of ether oxygens (including phenoxy) is 1.